The summed E-state index contributed by atoms with van der Waals surface area (Å²) in [5, 5.41) is 9.20. The molecule has 5 heteroatoms. The quantitative estimate of drug-likeness (QED) is 0.807. The summed E-state index contributed by atoms with van der Waals surface area (Å²) in [6, 6.07) is 0. The zero-order chi connectivity index (χ0) is 13.2. The van der Waals surface area contributed by atoms with Crippen LogP contribution in [0.1, 0.15) is 49.5 Å². The van der Waals surface area contributed by atoms with Crippen molar-refractivity contribution in [3.05, 3.63) is 20.8 Å². The zero-order valence-corrected chi connectivity index (χ0v) is 12.1. The molecule has 1 aliphatic carbocycles. The van der Waals surface area contributed by atoms with Crippen LogP contribution in [0.4, 0.5) is 0 Å². The fourth-order valence-electron chi connectivity index (χ4n) is 2.76. The minimum absolute atomic E-state index is 0.0699. The van der Waals surface area contributed by atoms with Gasteiger partial charge >= 0.3 is 0 Å². The maximum atomic E-state index is 12.5. The van der Waals surface area contributed by atoms with Crippen LogP contribution in [0.25, 0.3) is 10.2 Å². The molecule has 0 aromatic carbocycles. The van der Waals surface area contributed by atoms with Gasteiger partial charge in [-0.15, -0.1) is 16.4 Å². The Balaban J connectivity index is 2.03. The lowest BCUT2D eigenvalue weighted by atomic mass is 9.97. The Bertz CT molecular complexity index is 644. The first kappa shape index (κ1) is 12.8. The van der Waals surface area contributed by atoms with E-state index < -0.39 is 0 Å². The fourth-order valence-corrected chi connectivity index (χ4v) is 3.96. The predicted molar refractivity (Wildman–Crippen MR) is 77.8 cm³/mol. The summed E-state index contributed by atoms with van der Waals surface area (Å²) in [6.45, 7) is 2.85. The second-order valence-corrected chi connectivity index (χ2v) is 6.30. The molecule has 0 unspecified atom stereocenters. The van der Waals surface area contributed by atoms with Gasteiger partial charge in [-0.05, 0) is 37.7 Å². The van der Waals surface area contributed by atoms with E-state index in [9.17, 15) is 4.79 Å². The number of thiophene rings is 1. The Morgan fingerprint density at radius 3 is 2.95 bits per heavy atom. The number of rotatable bonds is 4. The molecule has 3 rings (SSSR count). The highest BCUT2D eigenvalue weighted by Crippen LogP contribution is 2.33. The van der Waals surface area contributed by atoms with Gasteiger partial charge < -0.3 is 0 Å². The monoisotopic (exact) mass is 277 g/mol. The molecule has 0 saturated heterocycles. The molecule has 0 saturated carbocycles. The third kappa shape index (κ3) is 2.31. The summed E-state index contributed by atoms with van der Waals surface area (Å²) in [4.78, 5) is 14.7. The molecule has 0 spiro atoms. The van der Waals surface area contributed by atoms with Gasteiger partial charge in [0.25, 0.3) is 5.56 Å². The summed E-state index contributed by atoms with van der Waals surface area (Å²) in [5.74, 6) is 0. The normalized spacial score (nSPS) is 14.8. The molecular weight excluding hydrogens is 258 g/mol. The number of aromatic nitrogens is 3. The van der Waals surface area contributed by atoms with E-state index in [1.807, 2.05) is 0 Å². The van der Waals surface area contributed by atoms with Crippen molar-refractivity contribution in [2.24, 2.45) is 0 Å². The molecular formula is C14H19N3OS. The Morgan fingerprint density at radius 1 is 1.26 bits per heavy atom. The lowest BCUT2D eigenvalue weighted by Gasteiger charge is -2.10. The van der Waals surface area contributed by atoms with Gasteiger partial charge in [0.1, 0.15) is 0 Å². The molecule has 4 nitrogen and oxygen atoms in total. The predicted octanol–water partition coefficient (Wildman–Crippen LogP) is 2.92. The number of nitrogens with zero attached hydrogens (tertiary/aromatic N) is 3. The van der Waals surface area contributed by atoms with E-state index in [0.717, 1.165) is 42.3 Å². The Kier molecular flexibility index (Phi) is 3.64. The van der Waals surface area contributed by atoms with Crippen LogP contribution >= 0.6 is 11.3 Å². The molecule has 2 aromatic heterocycles. The second kappa shape index (κ2) is 5.41. The van der Waals surface area contributed by atoms with Crippen LogP contribution in [0, 0.1) is 0 Å². The van der Waals surface area contributed by atoms with Crippen LogP contribution < -0.4 is 5.56 Å². The van der Waals surface area contributed by atoms with Gasteiger partial charge in [-0.1, -0.05) is 25.0 Å². The van der Waals surface area contributed by atoms with Gasteiger partial charge in [-0.2, -0.15) is 0 Å². The lowest BCUT2D eigenvalue weighted by molar-refractivity contribution is 0.509. The van der Waals surface area contributed by atoms with Crippen molar-refractivity contribution in [1.29, 1.82) is 0 Å². The Labute approximate surface area is 116 Å². The van der Waals surface area contributed by atoms with Gasteiger partial charge in [-0.3, -0.25) is 4.79 Å². The molecule has 2 heterocycles. The Morgan fingerprint density at radius 2 is 2.11 bits per heavy atom. The van der Waals surface area contributed by atoms with E-state index in [4.69, 9.17) is 0 Å². The lowest BCUT2D eigenvalue weighted by Crippen LogP contribution is -2.24. The van der Waals surface area contributed by atoms with Crippen molar-refractivity contribution < 1.29 is 0 Å². The first-order valence-electron chi connectivity index (χ1n) is 7.19. The van der Waals surface area contributed by atoms with Crippen LogP contribution in [0.15, 0.2) is 4.79 Å². The largest absolute Gasteiger partial charge is 0.278 e. The third-order valence-electron chi connectivity index (χ3n) is 3.82. The van der Waals surface area contributed by atoms with Gasteiger partial charge in [0.2, 0.25) is 0 Å². The van der Waals surface area contributed by atoms with Crippen LogP contribution in [-0.4, -0.2) is 15.0 Å². The third-order valence-corrected chi connectivity index (χ3v) is 4.99. The van der Waals surface area contributed by atoms with Crippen LogP contribution in [0.3, 0.4) is 0 Å². The van der Waals surface area contributed by atoms with E-state index in [-0.39, 0.29) is 5.56 Å². The molecule has 0 bridgehead atoms. The first-order chi connectivity index (χ1) is 9.31. The average molecular weight is 277 g/mol. The SMILES string of the molecule is CCCCCn1nnc2sc3c(c2c1=O)CCCC3. The standard InChI is InChI=1S/C14H19N3OS/c1-2-3-6-9-17-14(18)12-10-7-4-5-8-11(10)19-13(12)15-16-17/h2-9H2,1H3. The smallest absolute Gasteiger partial charge is 0.267 e. The summed E-state index contributed by atoms with van der Waals surface area (Å²) in [5.41, 5.74) is 1.33. The van der Waals surface area contributed by atoms with Crippen molar-refractivity contribution in [2.45, 2.75) is 58.4 Å². The highest BCUT2D eigenvalue weighted by atomic mass is 32.1. The summed E-state index contributed by atoms with van der Waals surface area (Å²) in [6.07, 6.45) is 7.85. The van der Waals surface area contributed by atoms with E-state index in [1.165, 1.54) is 23.3 Å². The maximum Gasteiger partial charge on any atom is 0.278 e. The zero-order valence-electron chi connectivity index (χ0n) is 11.3. The number of hydrogen-bond donors (Lipinski definition) is 0. The molecule has 0 N–H and O–H groups in total. The molecule has 2 aromatic rings. The van der Waals surface area contributed by atoms with E-state index >= 15 is 0 Å². The van der Waals surface area contributed by atoms with Gasteiger partial charge in [0.15, 0.2) is 4.83 Å². The van der Waals surface area contributed by atoms with Crippen molar-refractivity contribution in [2.75, 3.05) is 0 Å². The number of hydrogen-bond acceptors (Lipinski definition) is 4. The molecule has 0 radical (unpaired) electrons. The highest BCUT2D eigenvalue weighted by molar-refractivity contribution is 7.18. The average Bonchev–Trinajstić information content (AvgIpc) is 2.80. The van der Waals surface area contributed by atoms with E-state index in [2.05, 4.69) is 17.2 Å². The van der Waals surface area contributed by atoms with Crippen molar-refractivity contribution in [1.82, 2.24) is 15.0 Å². The van der Waals surface area contributed by atoms with Gasteiger partial charge in [-0.25, -0.2) is 4.68 Å². The number of fused-ring (bicyclic) bond motifs is 3. The molecule has 0 fully saturated rings. The minimum Gasteiger partial charge on any atom is -0.267 e. The number of unbranched alkanes of at least 4 members (excludes halogenated alkanes) is 2. The molecule has 0 atom stereocenters. The van der Waals surface area contributed by atoms with Crippen LogP contribution in [-0.2, 0) is 19.4 Å². The van der Waals surface area contributed by atoms with Gasteiger partial charge in [0, 0.05) is 11.4 Å². The van der Waals surface area contributed by atoms with Crippen LogP contribution in [0.2, 0.25) is 0 Å². The topological polar surface area (TPSA) is 47.8 Å². The molecule has 1 aliphatic rings. The van der Waals surface area contributed by atoms with Crippen LogP contribution in [0.5, 0.6) is 0 Å². The summed E-state index contributed by atoms with van der Waals surface area (Å²) in [7, 11) is 0. The fraction of sp³-hybridized carbons (Fsp3) is 0.643. The molecule has 0 amide bonds. The summed E-state index contributed by atoms with van der Waals surface area (Å²) < 4.78 is 1.56. The van der Waals surface area contributed by atoms with Crippen molar-refractivity contribution in [3.8, 4) is 0 Å². The molecule has 19 heavy (non-hydrogen) atoms. The first-order valence-corrected chi connectivity index (χ1v) is 8.01. The van der Waals surface area contributed by atoms with Crippen molar-refractivity contribution in [3.63, 3.8) is 0 Å². The van der Waals surface area contributed by atoms with Crippen molar-refractivity contribution >= 4 is 21.6 Å². The second-order valence-electron chi connectivity index (χ2n) is 5.22. The van der Waals surface area contributed by atoms with Gasteiger partial charge in [0.05, 0.1) is 5.39 Å². The van der Waals surface area contributed by atoms with E-state index in [0.29, 0.717) is 6.54 Å². The Hall–Kier alpha value is -1.23. The summed E-state index contributed by atoms with van der Waals surface area (Å²) >= 11 is 1.66. The highest BCUT2D eigenvalue weighted by Gasteiger charge is 2.20. The van der Waals surface area contributed by atoms with E-state index in [1.54, 1.807) is 16.0 Å². The maximum absolute atomic E-state index is 12.5. The minimum atomic E-state index is 0.0699. The molecule has 102 valence electrons. The molecule has 0 aliphatic heterocycles. The number of aryl methyl sites for hydroxylation is 3.